The highest BCUT2D eigenvalue weighted by Gasteiger charge is 2.86. The van der Waals surface area contributed by atoms with Crippen LogP contribution in [0.25, 0.3) is 15.6 Å². The molecule has 5 heterocycles. The molecule has 0 spiro atoms. The second-order valence-corrected chi connectivity index (χ2v) is 10.3. The average molecular weight is 502 g/mol. The van der Waals surface area contributed by atoms with Gasteiger partial charge in [0.25, 0.3) is 0 Å². The van der Waals surface area contributed by atoms with Crippen LogP contribution in [0.5, 0.6) is 5.88 Å². The van der Waals surface area contributed by atoms with Crippen molar-refractivity contribution in [3.8, 4) is 5.88 Å². The van der Waals surface area contributed by atoms with E-state index in [0.717, 1.165) is 0 Å². The number of imide groups is 1. The summed E-state index contributed by atoms with van der Waals surface area (Å²) in [6.07, 6.45) is 1.39. The Bertz CT molecular complexity index is 1500. The van der Waals surface area contributed by atoms with Crippen molar-refractivity contribution in [3.63, 3.8) is 0 Å². The average Bonchev–Trinajstić information content (AvgIpc) is 3.54. The lowest BCUT2D eigenvalue weighted by atomic mass is 9.67. The largest absolute Gasteiger partial charge is 0.478 e. The number of nitrogens with zero attached hydrogens (tertiary/aromatic N) is 3. The van der Waals surface area contributed by atoms with Gasteiger partial charge in [-0.05, 0) is 29.8 Å². The van der Waals surface area contributed by atoms with Crippen molar-refractivity contribution in [1.82, 2.24) is 4.98 Å². The molecule has 7 rings (SSSR count). The van der Waals surface area contributed by atoms with Crippen molar-refractivity contribution in [2.75, 3.05) is 11.5 Å². The molecular weight excluding hydrogens is 482 g/mol. The lowest BCUT2D eigenvalue weighted by Gasteiger charge is -2.31. The summed E-state index contributed by atoms with van der Waals surface area (Å²) in [6, 6.07) is 14.1. The molecule has 0 radical (unpaired) electrons. The zero-order valence-corrected chi connectivity index (χ0v) is 19.9. The van der Waals surface area contributed by atoms with Gasteiger partial charge in [0.1, 0.15) is 23.4 Å². The van der Waals surface area contributed by atoms with E-state index in [1.807, 2.05) is 31.2 Å². The highest BCUT2D eigenvalue weighted by Crippen LogP contribution is 2.69. The number of epoxide rings is 1. The summed E-state index contributed by atoms with van der Waals surface area (Å²) >= 11 is 5.90. The standard InChI is InChI=1S/C27H20ClN3O5/c1-26-20-21(27(36-26,23-22(26)35-23)11-12-34-19-10-7-14(28)13-30-19)25(33)31(24(20)32)18-9-8-17(29-2)15-5-3-4-6-16(15)18/h3-10,13,20-23H,11-12H2,1H3/t20-,21+,22-,23+,26?,27?/m1/s1. The van der Waals surface area contributed by atoms with E-state index >= 15 is 0 Å². The van der Waals surface area contributed by atoms with Crippen LogP contribution in [0.1, 0.15) is 13.3 Å². The number of carbonyl (C=O) groups is 2. The first-order valence-electron chi connectivity index (χ1n) is 11.8. The van der Waals surface area contributed by atoms with Crippen molar-refractivity contribution in [1.29, 1.82) is 0 Å². The number of fused-ring (bicyclic) bond motifs is 9. The number of anilines is 1. The Balaban J connectivity index is 1.25. The summed E-state index contributed by atoms with van der Waals surface area (Å²) in [4.78, 5) is 36.9. The van der Waals surface area contributed by atoms with E-state index in [1.165, 1.54) is 11.1 Å². The predicted molar refractivity (Wildman–Crippen MR) is 130 cm³/mol. The number of carbonyl (C=O) groups excluding carboxylic acids is 2. The van der Waals surface area contributed by atoms with Gasteiger partial charge in [0, 0.05) is 18.7 Å². The van der Waals surface area contributed by atoms with Crippen molar-refractivity contribution >= 4 is 45.6 Å². The maximum Gasteiger partial charge on any atom is 0.240 e. The quantitative estimate of drug-likeness (QED) is 0.294. The van der Waals surface area contributed by atoms with Crippen LogP contribution in [0.2, 0.25) is 5.02 Å². The Morgan fingerprint density at radius 2 is 1.86 bits per heavy atom. The summed E-state index contributed by atoms with van der Waals surface area (Å²) in [5.41, 5.74) is -0.869. The Labute approximate surface area is 211 Å². The fraction of sp³-hybridized carbons (Fsp3) is 0.333. The van der Waals surface area contributed by atoms with Crippen LogP contribution >= 0.6 is 11.6 Å². The van der Waals surface area contributed by atoms with Crippen molar-refractivity contribution in [2.24, 2.45) is 11.8 Å². The Morgan fingerprint density at radius 3 is 2.61 bits per heavy atom. The van der Waals surface area contributed by atoms with Gasteiger partial charge in [-0.15, -0.1) is 0 Å². The molecule has 6 atom stereocenters. The van der Waals surface area contributed by atoms with E-state index in [1.54, 1.807) is 24.3 Å². The van der Waals surface area contributed by atoms with Gasteiger partial charge in [0.05, 0.1) is 35.7 Å². The number of benzene rings is 2. The van der Waals surface area contributed by atoms with Crippen molar-refractivity contribution in [3.05, 3.63) is 71.2 Å². The molecule has 8 nitrogen and oxygen atoms in total. The van der Waals surface area contributed by atoms with Gasteiger partial charge in [0.2, 0.25) is 17.7 Å². The second-order valence-electron chi connectivity index (χ2n) is 9.86. The highest BCUT2D eigenvalue weighted by molar-refractivity contribution is 6.30. The minimum Gasteiger partial charge on any atom is -0.478 e. The molecule has 36 heavy (non-hydrogen) atoms. The van der Waals surface area contributed by atoms with E-state index in [2.05, 4.69) is 9.83 Å². The number of amides is 2. The number of hydrogen-bond donors (Lipinski definition) is 0. The Hall–Kier alpha value is -3.51. The van der Waals surface area contributed by atoms with Gasteiger partial charge in [-0.1, -0.05) is 41.9 Å². The molecule has 1 aromatic heterocycles. The Kier molecular flexibility index (Phi) is 4.39. The molecule has 0 N–H and O–H groups in total. The molecule has 2 bridgehead atoms. The maximum atomic E-state index is 14.0. The van der Waals surface area contributed by atoms with Gasteiger partial charge >= 0.3 is 0 Å². The summed E-state index contributed by atoms with van der Waals surface area (Å²) in [6.45, 7) is 9.61. The molecule has 180 valence electrons. The number of ether oxygens (including phenoxy) is 3. The SMILES string of the molecule is [C-]#[N+]c1ccc(N2C(=O)[C@@H]3[C@H](C2=O)C2(C)OC3(CCOc3ccc(Cl)cn3)[C@H]3O[C@H]32)c2ccccc12. The minimum absolute atomic E-state index is 0.231. The number of pyridine rings is 1. The Morgan fingerprint density at radius 1 is 1.08 bits per heavy atom. The lowest BCUT2D eigenvalue weighted by Crippen LogP contribution is -2.48. The summed E-state index contributed by atoms with van der Waals surface area (Å²) in [5, 5.41) is 1.91. The first kappa shape index (κ1) is 21.7. The fourth-order valence-corrected chi connectivity index (χ4v) is 6.69. The monoisotopic (exact) mass is 501 g/mol. The smallest absolute Gasteiger partial charge is 0.240 e. The summed E-state index contributed by atoms with van der Waals surface area (Å²) in [7, 11) is 0. The zero-order chi connectivity index (χ0) is 24.8. The topological polar surface area (TPSA) is 85.6 Å². The maximum absolute atomic E-state index is 14.0. The molecule has 4 aliphatic rings. The number of rotatable bonds is 5. The third-order valence-corrected chi connectivity index (χ3v) is 8.30. The van der Waals surface area contributed by atoms with Gasteiger partial charge in [0.15, 0.2) is 5.69 Å². The van der Waals surface area contributed by atoms with Gasteiger partial charge < -0.3 is 14.2 Å². The molecule has 0 aliphatic carbocycles. The molecule has 9 heteroatoms. The molecule has 0 saturated carbocycles. The van der Waals surface area contributed by atoms with Crippen molar-refractivity contribution in [2.45, 2.75) is 36.8 Å². The van der Waals surface area contributed by atoms with Gasteiger partial charge in [-0.25, -0.2) is 14.7 Å². The number of aromatic nitrogens is 1. The first-order valence-corrected chi connectivity index (χ1v) is 12.1. The lowest BCUT2D eigenvalue weighted by molar-refractivity contribution is -0.145. The normalized spacial score (nSPS) is 33.5. The number of hydrogen-bond acceptors (Lipinski definition) is 6. The third kappa shape index (κ3) is 2.68. The molecule has 2 unspecified atom stereocenters. The van der Waals surface area contributed by atoms with Crippen LogP contribution in [0, 0.1) is 18.4 Å². The van der Waals surface area contributed by atoms with Crippen LogP contribution in [-0.2, 0) is 19.1 Å². The van der Waals surface area contributed by atoms with Crippen LogP contribution in [0.15, 0.2) is 54.7 Å². The van der Waals surface area contributed by atoms with Crippen molar-refractivity contribution < 1.29 is 23.8 Å². The van der Waals surface area contributed by atoms with Crippen LogP contribution in [-0.4, -0.2) is 46.8 Å². The molecule has 2 aromatic carbocycles. The van der Waals surface area contributed by atoms with E-state index < -0.39 is 23.0 Å². The first-order chi connectivity index (χ1) is 17.4. The highest BCUT2D eigenvalue weighted by atomic mass is 35.5. The summed E-state index contributed by atoms with van der Waals surface area (Å²) in [5.74, 6) is -1.50. The van der Waals surface area contributed by atoms with Crippen LogP contribution in [0.3, 0.4) is 0 Å². The van der Waals surface area contributed by atoms with Crippen LogP contribution in [0.4, 0.5) is 11.4 Å². The van der Waals surface area contributed by atoms with E-state index in [-0.39, 0.29) is 30.6 Å². The zero-order valence-electron chi connectivity index (χ0n) is 19.2. The minimum atomic E-state index is -0.954. The molecule has 2 amide bonds. The van der Waals surface area contributed by atoms with E-state index in [9.17, 15) is 9.59 Å². The fourth-order valence-electron chi connectivity index (χ4n) is 6.57. The van der Waals surface area contributed by atoms with E-state index in [4.69, 9.17) is 32.4 Å². The number of halogens is 1. The van der Waals surface area contributed by atoms with Crippen LogP contribution < -0.4 is 9.64 Å². The van der Waals surface area contributed by atoms with E-state index in [0.29, 0.717) is 39.5 Å². The molecule has 4 aliphatic heterocycles. The predicted octanol–water partition coefficient (Wildman–Crippen LogP) is 4.32. The van der Waals surface area contributed by atoms with Gasteiger partial charge in [-0.3, -0.25) is 9.59 Å². The molecule has 4 fully saturated rings. The molecule has 3 aromatic rings. The molecule has 4 saturated heterocycles. The molecular formula is C27H20ClN3O5. The summed E-state index contributed by atoms with van der Waals surface area (Å²) < 4.78 is 18.3. The second kappa shape index (κ2) is 7.26. The third-order valence-electron chi connectivity index (χ3n) is 8.08. The van der Waals surface area contributed by atoms with Gasteiger partial charge in [-0.2, -0.15) is 0 Å².